The van der Waals surface area contributed by atoms with E-state index in [1.165, 1.54) is 0 Å². The van der Waals surface area contributed by atoms with Gasteiger partial charge in [0, 0.05) is 39.3 Å². The second-order valence-corrected chi connectivity index (χ2v) is 3.13. The van der Waals surface area contributed by atoms with Gasteiger partial charge in [0.1, 0.15) is 0 Å². The summed E-state index contributed by atoms with van der Waals surface area (Å²) in [5.74, 6) is 0. The lowest BCUT2D eigenvalue weighted by Crippen LogP contribution is -2.47. The Morgan fingerprint density at radius 1 is 0.625 bits per heavy atom. The molecule has 0 atom stereocenters. The van der Waals surface area contributed by atoms with Crippen LogP contribution < -0.4 is 0 Å². The molecule has 16 heavy (non-hydrogen) atoms. The van der Waals surface area contributed by atoms with Crippen LogP contribution in [0.4, 0.5) is 18.8 Å². The van der Waals surface area contributed by atoms with Gasteiger partial charge in [-0.05, 0) is 0 Å². The van der Waals surface area contributed by atoms with Crippen molar-refractivity contribution in [3.63, 3.8) is 0 Å². The minimum atomic E-state index is 0. The molecule has 1 aliphatic rings. The van der Waals surface area contributed by atoms with E-state index in [0.29, 0.717) is 0 Å². The normalized spacial score (nSPS) is 16.1. The molecule has 104 valence electrons. The molecule has 2 N–H and O–H groups in total. The van der Waals surface area contributed by atoms with Crippen LogP contribution >= 0.6 is 0 Å². The monoisotopic (exact) mass is 254 g/mol. The fourth-order valence-corrected chi connectivity index (χ4v) is 1.52. The first-order valence-corrected chi connectivity index (χ1v) is 4.53. The number of halogens is 4. The van der Waals surface area contributed by atoms with E-state index in [1.807, 2.05) is 0 Å². The predicted molar refractivity (Wildman–Crippen MR) is 57.1 cm³/mol. The van der Waals surface area contributed by atoms with Crippen molar-refractivity contribution in [3.8, 4) is 0 Å². The maximum atomic E-state index is 8.69. The maximum absolute atomic E-state index is 8.69. The third-order valence-corrected chi connectivity index (χ3v) is 2.30. The van der Waals surface area contributed by atoms with Crippen molar-refractivity contribution in [1.29, 1.82) is 0 Å². The molecule has 4 nitrogen and oxygen atoms in total. The summed E-state index contributed by atoms with van der Waals surface area (Å²) in [5, 5.41) is 17.4. The molecule has 1 saturated heterocycles. The second-order valence-electron chi connectivity index (χ2n) is 3.13. The Morgan fingerprint density at radius 2 is 0.875 bits per heavy atom. The standard InChI is InChI=1S/C8H18N2O2.4FH/c11-7-5-9-1-2-10(4-3-9)6-8-12;;;;/h11-12H,1-8H2;4*1H. The summed E-state index contributed by atoms with van der Waals surface area (Å²) in [5.41, 5.74) is 0. The SMILES string of the molecule is F.F.F.F.OCCN1CCN(CCO)CC1. The Morgan fingerprint density at radius 3 is 1.06 bits per heavy atom. The van der Waals surface area contributed by atoms with Gasteiger partial charge in [-0.1, -0.05) is 0 Å². The highest BCUT2D eigenvalue weighted by atomic mass is 19.0. The van der Waals surface area contributed by atoms with Crippen LogP contribution in [0.2, 0.25) is 0 Å². The van der Waals surface area contributed by atoms with Crippen molar-refractivity contribution < 1.29 is 29.0 Å². The van der Waals surface area contributed by atoms with Crippen molar-refractivity contribution in [1.82, 2.24) is 9.80 Å². The van der Waals surface area contributed by atoms with Gasteiger partial charge in [-0.25, -0.2) is 0 Å². The Balaban J connectivity index is -0.000000180. The minimum Gasteiger partial charge on any atom is -0.395 e. The molecule has 0 aromatic rings. The Bertz CT molecular complexity index is 113. The number of hydrogen-bond acceptors (Lipinski definition) is 4. The molecule has 1 heterocycles. The van der Waals surface area contributed by atoms with Crippen molar-refractivity contribution in [2.45, 2.75) is 0 Å². The van der Waals surface area contributed by atoms with Crippen LogP contribution in [0.15, 0.2) is 0 Å². The summed E-state index contributed by atoms with van der Waals surface area (Å²) in [4.78, 5) is 4.49. The molecule has 0 aliphatic carbocycles. The van der Waals surface area contributed by atoms with Gasteiger partial charge in [-0.2, -0.15) is 0 Å². The topological polar surface area (TPSA) is 46.9 Å². The average molecular weight is 254 g/mol. The van der Waals surface area contributed by atoms with Gasteiger partial charge < -0.3 is 10.2 Å². The van der Waals surface area contributed by atoms with Crippen molar-refractivity contribution in [3.05, 3.63) is 0 Å². The van der Waals surface area contributed by atoms with Gasteiger partial charge in [0.15, 0.2) is 0 Å². The van der Waals surface area contributed by atoms with E-state index in [1.54, 1.807) is 0 Å². The summed E-state index contributed by atoms with van der Waals surface area (Å²) in [7, 11) is 0. The molecular formula is C8H22F4N2O2. The lowest BCUT2D eigenvalue weighted by molar-refractivity contribution is 0.0984. The third kappa shape index (κ3) is 8.84. The van der Waals surface area contributed by atoms with E-state index in [0.717, 1.165) is 39.3 Å². The number of piperazine rings is 1. The van der Waals surface area contributed by atoms with Crippen molar-refractivity contribution >= 4 is 0 Å². The number of nitrogens with zero attached hydrogens (tertiary/aromatic N) is 2. The first-order chi connectivity index (χ1) is 5.86. The molecule has 0 saturated carbocycles. The van der Waals surface area contributed by atoms with Gasteiger partial charge in [-0.3, -0.25) is 28.6 Å². The summed E-state index contributed by atoms with van der Waals surface area (Å²) in [6.45, 7) is 6.13. The van der Waals surface area contributed by atoms with Crippen LogP contribution in [-0.4, -0.2) is 72.5 Å². The van der Waals surface area contributed by atoms with Crippen molar-refractivity contribution in [2.24, 2.45) is 0 Å². The lowest BCUT2D eigenvalue weighted by Gasteiger charge is -2.33. The zero-order valence-corrected chi connectivity index (χ0v) is 9.08. The van der Waals surface area contributed by atoms with Gasteiger partial charge >= 0.3 is 0 Å². The van der Waals surface area contributed by atoms with E-state index in [9.17, 15) is 0 Å². The molecule has 0 aromatic carbocycles. The Hall–Kier alpha value is -0.440. The third-order valence-electron chi connectivity index (χ3n) is 2.30. The van der Waals surface area contributed by atoms with E-state index < -0.39 is 0 Å². The van der Waals surface area contributed by atoms with Crippen LogP contribution in [0.3, 0.4) is 0 Å². The zero-order chi connectivity index (χ0) is 8.81. The maximum Gasteiger partial charge on any atom is 0.0558 e. The Labute approximate surface area is 92.3 Å². The summed E-state index contributed by atoms with van der Waals surface area (Å²) >= 11 is 0. The highest BCUT2D eigenvalue weighted by Gasteiger charge is 2.14. The van der Waals surface area contributed by atoms with Crippen LogP contribution in [0.1, 0.15) is 0 Å². The van der Waals surface area contributed by atoms with Crippen molar-refractivity contribution in [2.75, 3.05) is 52.5 Å². The number of aliphatic hydroxyl groups is 2. The van der Waals surface area contributed by atoms with Crippen LogP contribution in [-0.2, 0) is 0 Å². The van der Waals surface area contributed by atoms with Crippen LogP contribution in [0.5, 0.6) is 0 Å². The number of aliphatic hydroxyl groups excluding tert-OH is 2. The molecule has 0 radical (unpaired) electrons. The number of rotatable bonds is 4. The van der Waals surface area contributed by atoms with Gasteiger partial charge in [-0.15, -0.1) is 0 Å². The fraction of sp³-hybridized carbons (Fsp3) is 1.00. The smallest absolute Gasteiger partial charge is 0.0558 e. The summed E-state index contributed by atoms with van der Waals surface area (Å²) in [6, 6.07) is 0. The molecule has 1 fully saturated rings. The van der Waals surface area contributed by atoms with E-state index in [4.69, 9.17) is 10.2 Å². The first kappa shape index (κ1) is 24.7. The highest BCUT2D eigenvalue weighted by Crippen LogP contribution is 1.99. The fourth-order valence-electron chi connectivity index (χ4n) is 1.52. The van der Waals surface area contributed by atoms with Gasteiger partial charge in [0.25, 0.3) is 0 Å². The molecule has 0 unspecified atom stereocenters. The van der Waals surface area contributed by atoms with E-state index >= 15 is 0 Å². The molecule has 1 aliphatic heterocycles. The van der Waals surface area contributed by atoms with Gasteiger partial charge in [0.05, 0.1) is 13.2 Å². The van der Waals surface area contributed by atoms with Gasteiger partial charge in [0.2, 0.25) is 0 Å². The molecular weight excluding hydrogens is 232 g/mol. The molecule has 8 heteroatoms. The quantitative estimate of drug-likeness (QED) is 0.645. The number of β-amino-alcohol motifs (C(OH)–C–C–N with tert-alkyl or cyclic N) is 2. The van der Waals surface area contributed by atoms with Crippen LogP contribution in [0, 0.1) is 0 Å². The lowest BCUT2D eigenvalue weighted by atomic mass is 10.3. The minimum absolute atomic E-state index is 0. The first-order valence-electron chi connectivity index (χ1n) is 4.53. The van der Waals surface area contributed by atoms with E-state index in [2.05, 4.69) is 9.80 Å². The Kier molecular flexibility index (Phi) is 22.5. The molecule has 0 bridgehead atoms. The molecule has 0 spiro atoms. The second kappa shape index (κ2) is 14.6. The predicted octanol–water partition coefficient (Wildman–Crippen LogP) is -0.801. The van der Waals surface area contributed by atoms with Crippen LogP contribution in [0.25, 0.3) is 0 Å². The largest absolute Gasteiger partial charge is 0.395 e. The summed E-state index contributed by atoms with van der Waals surface area (Å²) < 4.78 is 0. The average Bonchev–Trinajstić information content (AvgIpc) is 2.09. The highest BCUT2D eigenvalue weighted by molar-refractivity contribution is 4.70. The molecule has 0 aromatic heterocycles. The zero-order valence-electron chi connectivity index (χ0n) is 9.08. The van der Waals surface area contributed by atoms with E-state index in [-0.39, 0.29) is 32.0 Å². The summed E-state index contributed by atoms with van der Waals surface area (Å²) in [6.07, 6.45) is 0. The molecule has 1 rings (SSSR count). The number of hydrogen-bond donors (Lipinski definition) is 2. The molecule has 0 amide bonds.